The van der Waals surface area contributed by atoms with E-state index < -0.39 is 0 Å². The van der Waals surface area contributed by atoms with E-state index >= 15 is 0 Å². The van der Waals surface area contributed by atoms with Gasteiger partial charge in [0.2, 0.25) is 0 Å². The summed E-state index contributed by atoms with van der Waals surface area (Å²) in [7, 11) is 0. The maximum atomic E-state index is 2.49. The van der Waals surface area contributed by atoms with Gasteiger partial charge in [-0.2, -0.15) is 0 Å². The molecule has 0 saturated carbocycles. The molecule has 0 spiro atoms. The molecule has 0 rings (SSSR count). The summed E-state index contributed by atoms with van der Waals surface area (Å²) in [6, 6.07) is 0. The van der Waals surface area contributed by atoms with Gasteiger partial charge in [0.1, 0.15) is 0 Å². The van der Waals surface area contributed by atoms with Gasteiger partial charge in [-0.05, 0) is 11.8 Å². The standard InChI is InChI=1S/C33H68/c1-5-7-8-9-10-11-12-13-14-15-16-17-18-19-20-21-22-23-27-30-33(4)31-28-25-24-26-29-32(3)6-2/h32-33H,5-31H2,1-4H3. The summed E-state index contributed by atoms with van der Waals surface area (Å²) in [4.78, 5) is 0. The molecule has 0 radical (unpaired) electrons. The lowest BCUT2D eigenvalue weighted by Crippen LogP contribution is -1.96. The predicted octanol–water partition coefficient (Wildman–Crippen LogP) is 12.8. The minimum absolute atomic E-state index is 0.943. The molecular weight excluding hydrogens is 396 g/mol. The van der Waals surface area contributed by atoms with Gasteiger partial charge in [-0.1, -0.05) is 201 Å². The van der Waals surface area contributed by atoms with Crippen LogP contribution < -0.4 is 0 Å². The summed E-state index contributed by atoms with van der Waals surface area (Å²) in [5, 5.41) is 0. The van der Waals surface area contributed by atoms with E-state index in [2.05, 4.69) is 27.7 Å². The average Bonchev–Trinajstić information content (AvgIpc) is 2.82. The van der Waals surface area contributed by atoms with Crippen LogP contribution in [0.25, 0.3) is 0 Å². The first-order valence-corrected chi connectivity index (χ1v) is 16.2. The molecule has 0 nitrogen and oxygen atoms in total. The Morgan fingerprint density at radius 2 is 0.545 bits per heavy atom. The highest BCUT2D eigenvalue weighted by molar-refractivity contribution is 4.57. The van der Waals surface area contributed by atoms with Gasteiger partial charge in [0, 0.05) is 0 Å². The molecule has 0 fully saturated rings. The Bertz CT molecular complexity index is 333. The van der Waals surface area contributed by atoms with Crippen molar-refractivity contribution in [3.05, 3.63) is 0 Å². The minimum atomic E-state index is 0.943. The Hall–Kier alpha value is 0. The first-order valence-electron chi connectivity index (χ1n) is 16.2. The lowest BCUT2D eigenvalue weighted by atomic mass is 9.95. The second-order valence-electron chi connectivity index (χ2n) is 11.8. The first kappa shape index (κ1) is 33.0. The van der Waals surface area contributed by atoms with Gasteiger partial charge in [0.25, 0.3) is 0 Å². The van der Waals surface area contributed by atoms with Crippen molar-refractivity contribution in [1.29, 1.82) is 0 Å². The van der Waals surface area contributed by atoms with E-state index in [9.17, 15) is 0 Å². The quantitative estimate of drug-likeness (QED) is 0.101. The predicted molar refractivity (Wildman–Crippen MR) is 154 cm³/mol. The molecule has 0 aromatic rings. The summed E-state index contributed by atoms with van der Waals surface area (Å²) in [5.74, 6) is 1.91. The Balaban J connectivity index is 3.13. The Morgan fingerprint density at radius 3 is 0.818 bits per heavy atom. The molecule has 0 N–H and O–H groups in total. The van der Waals surface area contributed by atoms with Crippen molar-refractivity contribution in [1.82, 2.24) is 0 Å². The summed E-state index contributed by atoms with van der Waals surface area (Å²) in [6.45, 7) is 9.53. The molecule has 0 heterocycles. The van der Waals surface area contributed by atoms with Crippen LogP contribution in [0.15, 0.2) is 0 Å². The van der Waals surface area contributed by atoms with Crippen molar-refractivity contribution in [2.45, 2.75) is 201 Å². The second kappa shape index (κ2) is 28.2. The molecular formula is C33H68. The summed E-state index contributed by atoms with van der Waals surface area (Å²) in [6.07, 6.45) is 39.7. The Kier molecular flexibility index (Phi) is 28.2. The van der Waals surface area contributed by atoms with E-state index in [0.29, 0.717) is 0 Å². The molecule has 2 unspecified atom stereocenters. The highest BCUT2D eigenvalue weighted by atomic mass is 14.1. The van der Waals surface area contributed by atoms with Crippen molar-refractivity contribution in [3.8, 4) is 0 Å². The fraction of sp³-hybridized carbons (Fsp3) is 1.00. The first-order chi connectivity index (χ1) is 16.2. The second-order valence-corrected chi connectivity index (χ2v) is 11.8. The topological polar surface area (TPSA) is 0 Å². The third-order valence-corrected chi connectivity index (χ3v) is 8.14. The fourth-order valence-electron chi connectivity index (χ4n) is 5.26. The molecule has 0 amide bonds. The van der Waals surface area contributed by atoms with E-state index in [0.717, 1.165) is 11.8 Å². The number of unbranched alkanes of at least 4 members (excludes halogenated alkanes) is 21. The lowest BCUT2D eigenvalue weighted by Gasteiger charge is -2.11. The number of rotatable bonds is 28. The zero-order valence-corrected chi connectivity index (χ0v) is 24.2. The zero-order chi connectivity index (χ0) is 24.2. The van der Waals surface area contributed by atoms with Crippen LogP contribution in [0.3, 0.4) is 0 Å². The van der Waals surface area contributed by atoms with E-state index in [1.165, 1.54) is 173 Å². The Morgan fingerprint density at radius 1 is 0.303 bits per heavy atom. The van der Waals surface area contributed by atoms with E-state index in [4.69, 9.17) is 0 Å². The van der Waals surface area contributed by atoms with Gasteiger partial charge in [0.05, 0.1) is 0 Å². The van der Waals surface area contributed by atoms with Gasteiger partial charge in [-0.3, -0.25) is 0 Å². The SMILES string of the molecule is CCCCCCCCCCCCCCCCCCCCCC(C)CCCCCCC(C)CC. The Labute approximate surface area is 212 Å². The monoisotopic (exact) mass is 465 g/mol. The number of hydrogen-bond donors (Lipinski definition) is 0. The zero-order valence-electron chi connectivity index (χ0n) is 24.2. The van der Waals surface area contributed by atoms with Crippen molar-refractivity contribution < 1.29 is 0 Å². The van der Waals surface area contributed by atoms with Crippen LogP contribution in [0.2, 0.25) is 0 Å². The van der Waals surface area contributed by atoms with E-state index in [1.807, 2.05) is 0 Å². The maximum Gasteiger partial charge on any atom is -0.0443 e. The average molecular weight is 465 g/mol. The van der Waals surface area contributed by atoms with Crippen LogP contribution in [-0.4, -0.2) is 0 Å². The molecule has 0 aliphatic rings. The van der Waals surface area contributed by atoms with Gasteiger partial charge in [-0.25, -0.2) is 0 Å². The molecule has 0 bridgehead atoms. The van der Waals surface area contributed by atoms with Crippen molar-refractivity contribution in [2.24, 2.45) is 11.8 Å². The van der Waals surface area contributed by atoms with Crippen molar-refractivity contribution in [3.63, 3.8) is 0 Å². The summed E-state index contributed by atoms with van der Waals surface area (Å²) in [5.41, 5.74) is 0. The van der Waals surface area contributed by atoms with Crippen LogP contribution in [0.1, 0.15) is 201 Å². The van der Waals surface area contributed by atoms with E-state index in [1.54, 1.807) is 0 Å². The molecule has 0 saturated heterocycles. The molecule has 0 aliphatic carbocycles. The summed E-state index contributed by atoms with van der Waals surface area (Å²) < 4.78 is 0. The van der Waals surface area contributed by atoms with Gasteiger partial charge in [0.15, 0.2) is 0 Å². The van der Waals surface area contributed by atoms with Gasteiger partial charge >= 0.3 is 0 Å². The van der Waals surface area contributed by atoms with Gasteiger partial charge in [-0.15, -0.1) is 0 Å². The third kappa shape index (κ3) is 28.1. The fourth-order valence-corrected chi connectivity index (χ4v) is 5.26. The van der Waals surface area contributed by atoms with Crippen molar-refractivity contribution in [2.75, 3.05) is 0 Å². The molecule has 0 aromatic heterocycles. The van der Waals surface area contributed by atoms with Crippen LogP contribution in [0.5, 0.6) is 0 Å². The minimum Gasteiger partial charge on any atom is -0.0654 e. The molecule has 2 atom stereocenters. The molecule has 0 heteroatoms. The molecule has 33 heavy (non-hydrogen) atoms. The number of hydrogen-bond acceptors (Lipinski definition) is 0. The highest BCUT2D eigenvalue weighted by Gasteiger charge is 2.03. The molecule has 0 aromatic carbocycles. The van der Waals surface area contributed by atoms with Gasteiger partial charge < -0.3 is 0 Å². The highest BCUT2D eigenvalue weighted by Crippen LogP contribution is 2.20. The normalized spacial score (nSPS) is 13.5. The van der Waals surface area contributed by atoms with Crippen LogP contribution >= 0.6 is 0 Å². The van der Waals surface area contributed by atoms with Crippen LogP contribution in [0, 0.1) is 11.8 Å². The van der Waals surface area contributed by atoms with Crippen LogP contribution in [-0.2, 0) is 0 Å². The van der Waals surface area contributed by atoms with Crippen molar-refractivity contribution >= 4 is 0 Å². The largest absolute Gasteiger partial charge is 0.0654 e. The summed E-state index contributed by atoms with van der Waals surface area (Å²) >= 11 is 0. The lowest BCUT2D eigenvalue weighted by molar-refractivity contribution is 0.422. The molecule has 0 aliphatic heterocycles. The van der Waals surface area contributed by atoms with Crippen LogP contribution in [0.4, 0.5) is 0 Å². The molecule has 200 valence electrons. The third-order valence-electron chi connectivity index (χ3n) is 8.14. The maximum absolute atomic E-state index is 2.49. The van der Waals surface area contributed by atoms with E-state index in [-0.39, 0.29) is 0 Å². The smallest absolute Gasteiger partial charge is 0.0443 e.